The molecular weight excluding hydrogens is 371 g/mol. The van der Waals surface area contributed by atoms with Gasteiger partial charge in [0.1, 0.15) is 5.56 Å². The van der Waals surface area contributed by atoms with Crippen molar-refractivity contribution in [3.63, 3.8) is 0 Å². The number of ether oxygens (including phenoxy) is 2. The number of amides is 1. The molecule has 0 heterocycles. The highest BCUT2D eigenvalue weighted by Gasteiger charge is 2.24. The van der Waals surface area contributed by atoms with E-state index in [1.165, 1.54) is 56.3 Å². The summed E-state index contributed by atoms with van der Waals surface area (Å²) in [5, 5.41) is 11.1. The SMILES string of the molecule is COc1ccc(CN(C)C(=O)COC(=O)c2c(C)cccc2[N+](=O)[O-])cc1F. The first kappa shape index (κ1) is 20.8. The summed E-state index contributed by atoms with van der Waals surface area (Å²) in [4.78, 5) is 36.1. The van der Waals surface area contributed by atoms with Crippen LogP contribution in [-0.2, 0) is 16.1 Å². The standard InChI is InChI=1S/C19H19FN2O6/c1-12-5-4-6-15(22(25)26)18(12)19(24)28-11-17(23)21(2)10-13-7-8-16(27-3)14(20)9-13/h4-9H,10-11H2,1-3H3. The molecule has 28 heavy (non-hydrogen) atoms. The molecule has 0 aliphatic rings. The van der Waals surface area contributed by atoms with Crippen LogP contribution in [0.5, 0.6) is 5.75 Å². The maximum absolute atomic E-state index is 13.7. The van der Waals surface area contributed by atoms with E-state index < -0.39 is 29.2 Å². The lowest BCUT2D eigenvalue weighted by atomic mass is 10.1. The van der Waals surface area contributed by atoms with Gasteiger partial charge in [-0.05, 0) is 30.2 Å². The molecule has 0 aliphatic carbocycles. The molecule has 9 heteroatoms. The topological polar surface area (TPSA) is 99.0 Å². The number of methoxy groups -OCH3 is 1. The van der Waals surface area contributed by atoms with Crippen LogP contribution in [0.1, 0.15) is 21.5 Å². The van der Waals surface area contributed by atoms with Gasteiger partial charge in [-0.3, -0.25) is 14.9 Å². The number of carbonyl (C=O) groups is 2. The molecule has 0 aliphatic heterocycles. The fourth-order valence-corrected chi connectivity index (χ4v) is 2.55. The van der Waals surface area contributed by atoms with Crippen LogP contribution in [0.2, 0.25) is 0 Å². The summed E-state index contributed by atoms with van der Waals surface area (Å²) in [7, 11) is 2.81. The molecule has 0 N–H and O–H groups in total. The van der Waals surface area contributed by atoms with Crippen molar-refractivity contribution in [2.45, 2.75) is 13.5 Å². The Bertz CT molecular complexity index is 915. The predicted molar refractivity (Wildman–Crippen MR) is 97.5 cm³/mol. The fourth-order valence-electron chi connectivity index (χ4n) is 2.55. The molecular formula is C19H19FN2O6. The van der Waals surface area contributed by atoms with Gasteiger partial charge in [0, 0.05) is 19.7 Å². The summed E-state index contributed by atoms with van der Waals surface area (Å²) < 4.78 is 23.5. The van der Waals surface area contributed by atoms with Gasteiger partial charge in [0.05, 0.1) is 12.0 Å². The first-order valence-electron chi connectivity index (χ1n) is 8.22. The molecule has 0 aromatic heterocycles. The minimum Gasteiger partial charge on any atom is -0.494 e. The van der Waals surface area contributed by atoms with Gasteiger partial charge in [-0.1, -0.05) is 18.2 Å². The number of rotatable bonds is 7. The minimum atomic E-state index is -0.956. The number of hydrogen-bond donors (Lipinski definition) is 0. The molecule has 0 saturated carbocycles. The number of benzene rings is 2. The van der Waals surface area contributed by atoms with Crippen molar-refractivity contribution in [1.29, 1.82) is 0 Å². The molecule has 2 aromatic carbocycles. The average molecular weight is 390 g/mol. The Hall–Kier alpha value is -3.49. The molecule has 2 rings (SSSR count). The molecule has 0 unspecified atom stereocenters. The van der Waals surface area contributed by atoms with E-state index in [4.69, 9.17) is 9.47 Å². The number of likely N-dealkylation sites (N-methyl/N-ethyl adjacent to an activating group) is 1. The first-order valence-corrected chi connectivity index (χ1v) is 8.22. The zero-order chi connectivity index (χ0) is 20.8. The third-order valence-electron chi connectivity index (χ3n) is 4.04. The number of esters is 1. The number of halogens is 1. The Morgan fingerprint density at radius 2 is 1.96 bits per heavy atom. The maximum Gasteiger partial charge on any atom is 0.345 e. The molecule has 1 amide bonds. The number of nitro benzene ring substituents is 1. The van der Waals surface area contributed by atoms with Crippen molar-refractivity contribution in [2.24, 2.45) is 0 Å². The third-order valence-corrected chi connectivity index (χ3v) is 4.04. The largest absolute Gasteiger partial charge is 0.494 e. The second-order valence-corrected chi connectivity index (χ2v) is 6.02. The number of nitro groups is 1. The maximum atomic E-state index is 13.7. The number of carbonyl (C=O) groups excluding carboxylic acids is 2. The fraction of sp³-hybridized carbons (Fsp3) is 0.263. The minimum absolute atomic E-state index is 0.0851. The number of aryl methyl sites for hydroxylation is 1. The van der Waals surface area contributed by atoms with Crippen molar-refractivity contribution < 1.29 is 28.4 Å². The zero-order valence-electron chi connectivity index (χ0n) is 15.6. The van der Waals surface area contributed by atoms with Gasteiger partial charge >= 0.3 is 5.97 Å². The van der Waals surface area contributed by atoms with Crippen LogP contribution in [-0.4, -0.2) is 42.5 Å². The summed E-state index contributed by atoms with van der Waals surface area (Å²) in [5.41, 5.74) is 0.309. The van der Waals surface area contributed by atoms with Gasteiger partial charge in [-0.15, -0.1) is 0 Å². The summed E-state index contributed by atoms with van der Waals surface area (Å²) in [6, 6.07) is 8.47. The van der Waals surface area contributed by atoms with Crippen LogP contribution in [0.3, 0.4) is 0 Å². The molecule has 8 nitrogen and oxygen atoms in total. The molecule has 148 valence electrons. The van der Waals surface area contributed by atoms with Crippen molar-refractivity contribution in [1.82, 2.24) is 4.90 Å². The van der Waals surface area contributed by atoms with Crippen LogP contribution >= 0.6 is 0 Å². The smallest absolute Gasteiger partial charge is 0.345 e. The van der Waals surface area contributed by atoms with E-state index in [0.717, 1.165) is 0 Å². The monoisotopic (exact) mass is 390 g/mol. The lowest BCUT2D eigenvalue weighted by molar-refractivity contribution is -0.385. The molecule has 0 atom stereocenters. The lowest BCUT2D eigenvalue weighted by Gasteiger charge is -2.17. The second-order valence-electron chi connectivity index (χ2n) is 6.02. The predicted octanol–water partition coefficient (Wildman–Crippen LogP) is 2.87. The van der Waals surface area contributed by atoms with E-state index in [-0.39, 0.29) is 23.5 Å². The van der Waals surface area contributed by atoms with Gasteiger partial charge in [-0.2, -0.15) is 0 Å². The van der Waals surface area contributed by atoms with Crippen LogP contribution in [0.4, 0.5) is 10.1 Å². The van der Waals surface area contributed by atoms with Crippen LogP contribution < -0.4 is 4.74 Å². The third kappa shape index (κ3) is 4.81. The Morgan fingerprint density at radius 1 is 1.25 bits per heavy atom. The van der Waals surface area contributed by atoms with E-state index in [1.54, 1.807) is 6.07 Å². The van der Waals surface area contributed by atoms with Gasteiger partial charge in [0.15, 0.2) is 18.2 Å². The van der Waals surface area contributed by atoms with E-state index in [9.17, 15) is 24.1 Å². The lowest BCUT2D eigenvalue weighted by Crippen LogP contribution is -2.31. The summed E-state index contributed by atoms with van der Waals surface area (Å²) >= 11 is 0. The Kier molecular flexibility index (Phi) is 6.64. The van der Waals surface area contributed by atoms with E-state index >= 15 is 0 Å². The zero-order valence-corrected chi connectivity index (χ0v) is 15.6. The van der Waals surface area contributed by atoms with Crippen molar-refractivity contribution in [2.75, 3.05) is 20.8 Å². The summed E-state index contributed by atoms with van der Waals surface area (Å²) in [5.74, 6) is -1.96. The van der Waals surface area contributed by atoms with Gasteiger partial charge in [-0.25, -0.2) is 9.18 Å². The number of nitrogens with zero attached hydrogens (tertiary/aromatic N) is 2. The highest BCUT2D eigenvalue weighted by molar-refractivity contribution is 5.96. The van der Waals surface area contributed by atoms with Crippen molar-refractivity contribution in [3.05, 3.63) is 69.0 Å². The molecule has 0 fully saturated rings. The molecule has 0 spiro atoms. The van der Waals surface area contributed by atoms with Crippen LogP contribution in [0.25, 0.3) is 0 Å². The highest BCUT2D eigenvalue weighted by Crippen LogP contribution is 2.23. The Morgan fingerprint density at radius 3 is 2.57 bits per heavy atom. The van der Waals surface area contributed by atoms with E-state index in [1.807, 2.05) is 0 Å². The number of hydrogen-bond acceptors (Lipinski definition) is 6. The van der Waals surface area contributed by atoms with Crippen LogP contribution in [0.15, 0.2) is 36.4 Å². The van der Waals surface area contributed by atoms with Crippen molar-refractivity contribution >= 4 is 17.6 Å². The van der Waals surface area contributed by atoms with Gasteiger partial charge < -0.3 is 14.4 Å². The van der Waals surface area contributed by atoms with E-state index in [2.05, 4.69) is 0 Å². The van der Waals surface area contributed by atoms with Gasteiger partial charge in [0.25, 0.3) is 11.6 Å². The second kappa shape index (κ2) is 8.94. The van der Waals surface area contributed by atoms with E-state index in [0.29, 0.717) is 11.1 Å². The summed E-state index contributed by atoms with van der Waals surface area (Å²) in [6.07, 6.45) is 0. The van der Waals surface area contributed by atoms with Crippen LogP contribution in [0, 0.1) is 22.9 Å². The average Bonchev–Trinajstić information content (AvgIpc) is 2.65. The quantitative estimate of drug-likeness (QED) is 0.410. The normalized spacial score (nSPS) is 10.3. The Labute approximate surface area is 160 Å². The summed E-state index contributed by atoms with van der Waals surface area (Å²) in [6.45, 7) is 1.02. The van der Waals surface area contributed by atoms with Gasteiger partial charge in [0.2, 0.25) is 0 Å². The molecule has 0 saturated heterocycles. The molecule has 0 bridgehead atoms. The van der Waals surface area contributed by atoms with Crippen molar-refractivity contribution in [3.8, 4) is 5.75 Å². The first-order chi connectivity index (χ1) is 13.2. The molecule has 0 radical (unpaired) electrons. The Balaban J connectivity index is 2.01. The highest BCUT2D eigenvalue weighted by atomic mass is 19.1. The molecule has 2 aromatic rings.